The minimum atomic E-state index is -4.59. The average molecular weight is 262 g/mol. The molecule has 0 aromatic carbocycles. The molecule has 1 aromatic heterocycles. The zero-order valence-corrected chi connectivity index (χ0v) is 10.8. The van der Waals surface area contributed by atoms with Crippen LogP contribution in [0.1, 0.15) is 26.6 Å². The van der Waals surface area contributed by atoms with Crippen molar-refractivity contribution in [1.82, 2.24) is 9.97 Å². The summed E-state index contributed by atoms with van der Waals surface area (Å²) in [5, 5.41) is 0. The molecule has 7 heteroatoms. The summed E-state index contributed by atoms with van der Waals surface area (Å²) in [5.41, 5.74) is 5.32. The number of hydrogen-bond donors (Lipinski definition) is 1. The molecule has 2 N–H and O–H groups in total. The normalized spacial score (nSPS) is 12.6. The lowest BCUT2D eigenvalue weighted by Crippen LogP contribution is -2.30. The van der Waals surface area contributed by atoms with Crippen molar-refractivity contribution in [2.24, 2.45) is 5.41 Å². The van der Waals surface area contributed by atoms with Gasteiger partial charge in [0.1, 0.15) is 11.6 Å². The maximum absolute atomic E-state index is 12.6. The van der Waals surface area contributed by atoms with E-state index in [1.807, 2.05) is 20.8 Å². The monoisotopic (exact) mass is 262 g/mol. The lowest BCUT2D eigenvalue weighted by molar-refractivity contribution is -0.144. The molecule has 0 unspecified atom stereocenters. The summed E-state index contributed by atoms with van der Waals surface area (Å²) in [4.78, 5) is 8.33. The van der Waals surface area contributed by atoms with Crippen LogP contribution in [0.25, 0.3) is 0 Å². The van der Waals surface area contributed by atoms with Crippen molar-refractivity contribution in [3.63, 3.8) is 0 Å². The van der Waals surface area contributed by atoms with Crippen LogP contribution in [0.2, 0.25) is 0 Å². The van der Waals surface area contributed by atoms with E-state index in [0.29, 0.717) is 6.54 Å². The first-order chi connectivity index (χ1) is 7.99. The molecule has 18 heavy (non-hydrogen) atoms. The second kappa shape index (κ2) is 4.62. The van der Waals surface area contributed by atoms with E-state index in [0.717, 1.165) is 0 Å². The molecule has 0 saturated heterocycles. The Hall–Kier alpha value is -1.53. The minimum Gasteiger partial charge on any atom is -0.384 e. The molecule has 0 spiro atoms. The van der Waals surface area contributed by atoms with Crippen LogP contribution in [-0.4, -0.2) is 23.6 Å². The van der Waals surface area contributed by atoms with Crippen molar-refractivity contribution in [2.75, 3.05) is 24.2 Å². The van der Waals surface area contributed by atoms with Gasteiger partial charge in [0, 0.05) is 19.7 Å². The predicted octanol–water partition coefficient (Wildman–Crippen LogP) is 2.56. The molecular weight excluding hydrogens is 245 g/mol. The van der Waals surface area contributed by atoms with E-state index < -0.39 is 12.0 Å². The summed E-state index contributed by atoms with van der Waals surface area (Å²) in [6.45, 7) is 6.51. The summed E-state index contributed by atoms with van der Waals surface area (Å²) in [6, 6.07) is 1.33. The van der Waals surface area contributed by atoms with Crippen LogP contribution in [0, 0.1) is 5.41 Å². The number of nitrogen functional groups attached to an aromatic ring is 1. The number of rotatable bonds is 2. The molecule has 0 saturated carbocycles. The first-order valence-electron chi connectivity index (χ1n) is 5.42. The van der Waals surface area contributed by atoms with Crippen molar-refractivity contribution >= 4 is 11.6 Å². The molecule has 0 amide bonds. The van der Waals surface area contributed by atoms with Crippen LogP contribution in [0.4, 0.5) is 24.8 Å². The predicted molar refractivity (Wildman–Crippen MR) is 64.2 cm³/mol. The number of halogens is 3. The fourth-order valence-corrected chi connectivity index (χ4v) is 1.57. The van der Waals surface area contributed by atoms with Gasteiger partial charge in [-0.05, 0) is 5.41 Å². The van der Waals surface area contributed by atoms with Crippen molar-refractivity contribution in [1.29, 1.82) is 0 Å². The Morgan fingerprint density at radius 2 is 1.78 bits per heavy atom. The highest BCUT2D eigenvalue weighted by Gasteiger charge is 2.35. The largest absolute Gasteiger partial charge is 0.451 e. The molecule has 0 aliphatic rings. The Morgan fingerprint density at radius 1 is 1.22 bits per heavy atom. The number of aromatic nitrogens is 2. The van der Waals surface area contributed by atoms with E-state index in [-0.39, 0.29) is 17.1 Å². The number of anilines is 2. The van der Waals surface area contributed by atoms with Crippen LogP contribution in [0.3, 0.4) is 0 Å². The van der Waals surface area contributed by atoms with Gasteiger partial charge >= 0.3 is 6.18 Å². The Balaban J connectivity index is 3.07. The van der Waals surface area contributed by atoms with E-state index in [1.54, 1.807) is 11.9 Å². The van der Waals surface area contributed by atoms with Gasteiger partial charge in [-0.1, -0.05) is 20.8 Å². The Labute approximate surface area is 104 Å². The summed E-state index contributed by atoms with van der Waals surface area (Å²) in [7, 11) is 1.67. The lowest BCUT2D eigenvalue weighted by Gasteiger charge is -2.27. The van der Waals surface area contributed by atoms with Gasteiger partial charge in [-0.2, -0.15) is 13.2 Å². The summed E-state index contributed by atoms with van der Waals surface area (Å²) < 4.78 is 37.7. The van der Waals surface area contributed by atoms with Crippen LogP contribution in [0.5, 0.6) is 0 Å². The number of nitrogens with zero attached hydrogens (tertiary/aromatic N) is 3. The first-order valence-corrected chi connectivity index (χ1v) is 5.42. The second-order valence-corrected chi connectivity index (χ2v) is 5.39. The molecule has 1 heterocycles. The zero-order chi connectivity index (χ0) is 14.1. The fraction of sp³-hybridized carbons (Fsp3) is 0.636. The number of alkyl halides is 3. The van der Waals surface area contributed by atoms with Crippen LogP contribution < -0.4 is 10.6 Å². The quantitative estimate of drug-likeness (QED) is 0.890. The molecule has 0 aliphatic heterocycles. The van der Waals surface area contributed by atoms with Gasteiger partial charge in [0.25, 0.3) is 0 Å². The van der Waals surface area contributed by atoms with Crippen molar-refractivity contribution in [3.8, 4) is 0 Å². The summed E-state index contributed by atoms with van der Waals surface area (Å²) in [5.74, 6) is -1.23. The third-order valence-electron chi connectivity index (χ3n) is 2.09. The molecule has 1 rings (SSSR count). The van der Waals surface area contributed by atoms with Crippen molar-refractivity contribution in [2.45, 2.75) is 26.9 Å². The average Bonchev–Trinajstić information content (AvgIpc) is 2.12. The molecule has 4 nitrogen and oxygen atoms in total. The van der Waals surface area contributed by atoms with Gasteiger partial charge in [-0.25, -0.2) is 9.97 Å². The molecule has 0 bridgehead atoms. The third kappa shape index (κ3) is 4.05. The second-order valence-electron chi connectivity index (χ2n) is 5.39. The highest BCUT2D eigenvalue weighted by Crippen LogP contribution is 2.29. The maximum atomic E-state index is 12.6. The number of nitrogens with two attached hydrogens (primary N) is 1. The van der Waals surface area contributed by atoms with E-state index in [9.17, 15) is 13.2 Å². The van der Waals surface area contributed by atoms with Crippen LogP contribution >= 0.6 is 0 Å². The van der Waals surface area contributed by atoms with E-state index >= 15 is 0 Å². The maximum Gasteiger partial charge on any atom is 0.451 e. The molecular formula is C11H17F3N4. The molecule has 0 atom stereocenters. The highest BCUT2D eigenvalue weighted by molar-refractivity contribution is 5.46. The van der Waals surface area contributed by atoms with Crippen LogP contribution in [0.15, 0.2) is 6.07 Å². The SMILES string of the molecule is CN(CC(C)(C)C)c1cc(N)nc(C(F)(F)F)n1. The van der Waals surface area contributed by atoms with E-state index in [1.165, 1.54) is 6.07 Å². The van der Waals surface area contributed by atoms with Gasteiger partial charge in [-0.3, -0.25) is 0 Å². The third-order valence-corrected chi connectivity index (χ3v) is 2.09. The molecule has 1 aromatic rings. The first kappa shape index (κ1) is 14.5. The summed E-state index contributed by atoms with van der Waals surface area (Å²) in [6.07, 6.45) is -4.59. The topological polar surface area (TPSA) is 55.0 Å². The van der Waals surface area contributed by atoms with Gasteiger partial charge < -0.3 is 10.6 Å². The van der Waals surface area contributed by atoms with Gasteiger partial charge in [0.2, 0.25) is 5.82 Å². The lowest BCUT2D eigenvalue weighted by atomic mass is 9.96. The Morgan fingerprint density at radius 3 is 2.22 bits per heavy atom. The van der Waals surface area contributed by atoms with Gasteiger partial charge in [-0.15, -0.1) is 0 Å². The fourth-order valence-electron chi connectivity index (χ4n) is 1.57. The summed E-state index contributed by atoms with van der Waals surface area (Å²) >= 11 is 0. The number of hydrogen-bond acceptors (Lipinski definition) is 4. The van der Waals surface area contributed by atoms with Crippen molar-refractivity contribution in [3.05, 3.63) is 11.9 Å². The highest BCUT2D eigenvalue weighted by atomic mass is 19.4. The molecule has 102 valence electrons. The van der Waals surface area contributed by atoms with Gasteiger partial charge in [0.05, 0.1) is 0 Å². The molecule has 0 aliphatic carbocycles. The van der Waals surface area contributed by atoms with Gasteiger partial charge in [0.15, 0.2) is 0 Å². The van der Waals surface area contributed by atoms with E-state index in [4.69, 9.17) is 5.73 Å². The zero-order valence-electron chi connectivity index (χ0n) is 10.8. The molecule has 0 fully saturated rings. The van der Waals surface area contributed by atoms with Crippen molar-refractivity contribution < 1.29 is 13.2 Å². The minimum absolute atomic E-state index is 0.0626. The standard InChI is InChI=1S/C11H17F3N4/c1-10(2,3)6-18(4)8-5-7(15)16-9(17-8)11(12,13)14/h5H,6H2,1-4H3,(H2,15,16,17). The molecule has 0 radical (unpaired) electrons. The van der Waals surface area contributed by atoms with Crippen LogP contribution in [-0.2, 0) is 6.18 Å². The Bertz CT molecular complexity index is 423. The Kier molecular flexibility index (Phi) is 3.73. The smallest absolute Gasteiger partial charge is 0.384 e. The van der Waals surface area contributed by atoms with E-state index in [2.05, 4.69) is 9.97 Å².